The minimum atomic E-state index is -0.193. The molecule has 0 bridgehead atoms. The van der Waals surface area contributed by atoms with Crippen LogP contribution in [0.15, 0.2) is 33.5 Å². The van der Waals surface area contributed by atoms with E-state index in [1.165, 1.54) is 5.56 Å². The monoisotopic (exact) mass is 258 g/mol. The van der Waals surface area contributed by atoms with Crippen molar-refractivity contribution in [3.8, 4) is 0 Å². The van der Waals surface area contributed by atoms with E-state index in [4.69, 9.17) is 4.42 Å². The molecule has 0 atom stereocenters. The third-order valence-electron chi connectivity index (χ3n) is 3.56. The van der Waals surface area contributed by atoms with Gasteiger partial charge in [0, 0.05) is 6.42 Å². The molecule has 2 aromatic rings. The highest BCUT2D eigenvalue weighted by Crippen LogP contribution is 2.23. The van der Waals surface area contributed by atoms with Gasteiger partial charge in [-0.3, -0.25) is 0 Å². The Kier molecular flexibility index (Phi) is 4.78. The summed E-state index contributed by atoms with van der Waals surface area (Å²) in [5.74, 6) is 0.902. The SMILES string of the molecule is CCCCc1oc(=O)c2ccccc2c1CCCC. The van der Waals surface area contributed by atoms with Gasteiger partial charge in [0.1, 0.15) is 5.76 Å². The highest BCUT2D eigenvalue weighted by molar-refractivity contribution is 5.84. The Labute approximate surface area is 114 Å². The molecule has 1 heterocycles. The molecule has 102 valence electrons. The van der Waals surface area contributed by atoms with Gasteiger partial charge in [-0.15, -0.1) is 0 Å². The van der Waals surface area contributed by atoms with Crippen LogP contribution in [0.3, 0.4) is 0 Å². The molecule has 2 nitrogen and oxygen atoms in total. The van der Waals surface area contributed by atoms with E-state index in [9.17, 15) is 4.79 Å². The maximum atomic E-state index is 12.0. The van der Waals surface area contributed by atoms with Crippen molar-refractivity contribution >= 4 is 10.8 Å². The molecule has 0 unspecified atom stereocenters. The number of hydrogen-bond acceptors (Lipinski definition) is 2. The molecular weight excluding hydrogens is 236 g/mol. The summed E-state index contributed by atoms with van der Waals surface area (Å²) in [6.07, 6.45) is 6.34. The lowest BCUT2D eigenvalue weighted by Gasteiger charge is -2.10. The molecular formula is C17H22O2. The van der Waals surface area contributed by atoms with E-state index in [-0.39, 0.29) is 5.63 Å². The van der Waals surface area contributed by atoms with Gasteiger partial charge in [-0.1, -0.05) is 44.9 Å². The predicted molar refractivity (Wildman–Crippen MR) is 79.7 cm³/mol. The maximum Gasteiger partial charge on any atom is 0.343 e. The Hall–Kier alpha value is -1.57. The molecule has 0 N–H and O–H groups in total. The smallest absolute Gasteiger partial charge is 0.343 e. The van der Waals surface area contributed by atoms with Crippen LogP contribution in [-0.4, -0.2) is 0 Å². The highest BCUT2D eigenvalue weighted by atomic mass is 16.4. The lowest BCUT2D eigenvalue weighted by molar-refractivity contribution is 0.452. The number of unbranched alkanes of at least 4 members (excludes halogenated alkanes) is 2. The maximum absolute atomic E-state index is 12.0. The van der Waals surface area contributed by atoms with Gasteiger partial charge < -0.3 is 4.42 Å². The Balaban J connectivity index is 2.55. The van der Waals surface area contributed by atoms with Gasteiger partial charge in [-0.2, -0.15) is 0 Å². The Bertz CT molecular complexity index is 596. The molecule has 0 aliphatic heterocycles. The van der Waals surface area contributed by atoms with Gasteiger partial charge >= 0.3 is 5.63 Å². The molecule has 0 saturated heterocycles. The van der Waals surface area contributed by atoms with E-state index >= 15 is 0 Å². The van der Waals surface area contributed by atoms with Gasteiger partial charge in [-0.25, -0.2) is 4.79 Å². The standard InChI is InChI=1S/C17H22O2/c1-3-5-9-14-13-10-7-8-11-15(13)17(18)19-16(14)12-6-4-2/h7-8,10-11H,3-6,9,12H2,1-2H3. The molecule has 1 aromatic carbocycles. The van der Waals surface area contributed by atoms with Crippen molar-refractivity contribution in [2.24, 2.45) is 0 Å². The molecule has 0 fully saturated rings. The van der Waals surface area contributed by atoms with Crippen LogP contribution in [0.4, 0.5) is 0 Å². The zero-order valence-corrected chi connectivity index (χ0v) is 11.9. The number of rotatable bonds is 6. The molecule has 19 heavy (non-hydrogen) atoms. The summed E-state index contributed by atoms with van der Waals surface area (Å²) in [4.78, 5) is 12.0. The van der Waals surface area contributed by atoms with Crippen molar-refractivity contribution in [3.05, 3.63) is 46.0 Å². The van der Waals surface area contributed by atoms with Crippen LogP contribution in [0, 0.1) is 0 Å². The third-order valence-corrected chi connectivity index (χ3v) is 3.56. The lowest BCUT2D eigenvalue weighted by Crippen LogP contribution is -2.07. The van der Waals surface area contributed by atoms with E-state index in [0.717, 1.165) is 49.7 Å². The van der Waals surface area contributed by atoms with Gasteiger partial charge in [-0.05, 0) is 36.3 Å². The van der Waals surface area contributed by atoms with Gasteiger partial charge in [0.05, 0.1) is 5.39 Å². The van der Waals surface area contributed by atoms with Crippen LogP contribution in [0.25, 0.3) is 10.8 Å². The zero-order valence-electron chi connectivity index (χ0n) is 11.9. The normalized spacial score (nSPS) is 11.1. The van der Waals surface area contributed by atoms with Crippen LogP contribution in [0.1, 0.15) is 50.9 Å². The number of hydrogen-bond donors (Lipinski definition) is 0. The molecule has 2 rings (SSSR count). The molecule has 0 amide bonds. The summed E-state index contributed by atoms with van der Waals surface area (Å²) in [7, 11) is 0. The first-order valence-corrected chi connectivity index (χ1v) is 7.31. The Morgan fingerprint density at radius 3 is 2.26 bits per heavy atom. The molecule has 0 spiro atoms. The van der Waals surface area contributed by atoms with Crippen molar-refractivity contribution in [1.82, 2.24) is 0 Å². The fraction of sp³-hybridized carbons (Fsp3) is 0.471. The van der Waals surface area contributed by atoms with Crippen LogP contribution in [-0.2, 0) is 12.8 Å². The molecule has 1 aromatic heterocycles. The summed E-state index contributed by atoms with van der Waals surface area (Å²) in [5, 5.41) is 1.80. The summed E-state index contributed by atoms with van der Waals surface area (Å²) < 4.78 is 5.57. The second-order valence-corrected chi connectivity index (χ2v) is 5.04. The second kappa shape index (κ2) is 6.55. The summed E-state index contributed by atoms with van der Waals surface area (Å²) in [5.41, 5.74) is 1.05. The topological polar surface area (TPSA) is 30.2 Å². The van der Waals surface area contributed by atoms with E-state index < -0.39 is 0 Å². The highest BCUT2D eigenvalue weighted by Gasteiger charge is 2.12. The first-order valence-electron chi connectivity index (χ1n) is 7.31. The number of fused-ring (bicyclic) bond motifs is 1. The van der Waals surface area contributed by atoms with Gasteiger partial charge in [0.15, 0.2) is 0 Å². The minimum Gasteiger partial charge on any atom is -0.427 e. The van der Waals surface area contributed by atoms with Crippen LogP contribution in [0.5, 0.6) is 0 Å². The largest absolute Gasteiger partial charge is 0.427 e. The Morgan fingerprint density at radius 1 is 0.947 bits per heavy atom. The van der Waals surface area contributed by atoms with E-state index in [1.807, 2.05) is 24.3 Å². The molecule has 2 heteroatoms. The van der Waals surface area contributed by atoms with E-state index in [1.54, 1.807) is 0 Å². The molecule has 0 aliphatic rings. The van der Waals surface area contributed by atoms with Crippen molar-refractivity contribution in [2.45, 2.75) is 52.4 Å². The van der Waals surface area contributed by atoms with E-state index in [0.29, 0.717) is 5.39 Å². The predicted octanol–water partition coefficient (Wildman–Crippen LogP) is 4.48. The van der Waals surface area contributed by atoms with Gasteiger partial charge in [0.2, 0.25) is 0 Å². The number of aryl methyl sites for hydroxylation is 2. The zero-order chi connectivity index (χ0) is 13.7. The average molecular weight is 258 g/mol. The first-order chi connectivity index (χ1) is 9.27. The second-order valence-electron chi connectivity index (χ2n) is 5.04. The first kappa shape index (κ1) is 13.9. The molecule has 0 radical (unpaired) electrons. The molecule has 0 aliphatic carbocycles. The Morgan fingerprint density at radius 2 is 1.58 bits per heavy atom. The van der Waals surface area contributed by atoms with Crippen molar-refractivity contribution in [1.29, 1.82) is 0 Å². The van der Waals surface area contributed by atoms with Gasteiger partial charge in [0.25, 0.3) is 0 Å². The fourth-order valence-corrected chi connectivity index (χ4v) is 2.47. The van der Waals surface area contributed by atoms with Crippen LogP contribution in [0.2, 0.25) is 0 Å². The van der Waals surface area contributed by atoms with Crippen molar-refractivity contribution in [3.63, 3.8) is 0 Å². The minimum absolute atomic E-state index is 0.193. The quantitative estimate of drug-likeness (QED) is 0.764. The fourth-order valence-electron chi connectivity index (χ4n) is 2.47. The lowest BCUT2D eigenvalue weighted by atomic mass is 9.98. The molecule has 0 saturated carbocycles. The number of benzene rings is 1. The van der Waals surface area contributed by atoms with Crippen LogP contribution >= 0.6 is 0 Å². The van der Waals surface area contributed by atoms with E-state index in [2.05, 4.69) is 13.8 Å². The van der Waals surface area contributed by atoms with Crippen LogP contribution < -0.4 is 5.63 Å². The summed E-state index contributed by atoms with van der Waals surface area (Å²) in [6, 6.07) is 7.81. The van der Waals surface area contributed by atoms with Crippen molar-refractivity contribution < 1.29 is 4.42 Å². The average Bonchev–Trinajstić information content (AvgIpc) is 2.44. The van der Waals surface area contributed by atoms with Crippen molar-refractivity contribution in [2.75, 3.05) is 0 Å². The third kappa shape index (κ3) is 3.06. The summed E-state index contributed by atoms with van der Waals surface area (Å²) in [6.45, 7) is 4.35. The summed E-state index contributed by atoms with van der Waals surface area (Å²) >= 11 is 0.